The van der Waals surface area contributed by atoms with Crippen LogP contribution in [-0.2, 0) is 0 Å². The Morgan fingerprint density at radius 3 is 2.32 bits per heavy atom. The van der Waals surface area contributed by atoms with Gasteiger partial charge in [-0.3, -0.25) is 0 Å². The van der Waals surface area contributed by atoms with E-state index < -0.39 is 0 Å². The third-order valence-electron chi connectivity index (χ3n) is 4.30. The normalized spacial score (nSPS) is 22.1. The first-order valence-corrected chi connectivity index (χ1v) is 7.58. The van der Waals surface area contributed by atoms with Crippen LogP contribution in [0.1, 0.15) is 50.3 Å². The summed E-state index contributed by atoms with van der Waals surface area (Å²) in [6, 6.07) is 9.53. The van der Waals surface area contributed by atoms with E-state index >= 15 is 0 Å². The zero-order valence-corrected chi connectivity index (χ0v) is 12.8. The highest BCUT2D eigenvalue weighted by Crippen LogP contribution is 2.19. The fraction of sp³-hybridized carbons (Fsp3) is 0.647. The van der Waals surface area contributed by atoms with Gasteiger partial charge in [-0.2, -0.15) is 0 Å². The predicted molar refractivity (Wildman–Crippen MR) is 82.6 cm³/mol. The summed E-state index contributed by atoms with van der Waals surface area (Å²) in [5.74, 6) is 1.44. The van der Waals surface area contributed by atoms with E-state index in [-0.39, 0.29) is 0 Å². The van der Waals surface area contributed by atoms with Crippen LogP contribution >= 0.6 is 0 Å². The van der Waals surface area contributed by atoms with E-state index in [2.05, 4.69) is 62.3 Å². The van der Waals surface area contributed by atoms with E-state index in [1.165, 1.54) is 30.6 Å². The molecule has 2 atom stereocenters. The van der Waals surface area contributed by atoms with E-state index in [9.17, 15) is 0 Å². The molecule has 0 aliphatic carbocycles. The summed E-state index contributed by atoms with van der Waals surface area (Å²) in [5, 5.41) is 3.68. The Morgan fingerprint density at radius 1 is 1.16 bits per heavy atom. The predicted octanol–water partition coefficient (Wildman–Crippen LogP) is 3.41. The van der Waals surface area contributed by atoms with Gasteiger partial charge in [-0.1, -0.05) is 38.1 Å². The minimum Gasteiger partial charge on any atom is -0.310 e. The number of nitrogens with one attached hydrogen (secondary N) is 1. The molecule has 2 nitrogen and oxygen atoms in total. The lowest BCUT2D eigenvalue weighted by Gasteiger charge is -2.18. The number of benzene rings is 1. The maximum Gasteiger partial charge on any atom is 0.0291 e. The first kappa shape index (κ1) is 14.5. The molecule has 1 aromatic rings. The quantitative estimate of drug-likeness (QED) is 0.873. The number of rotatable bonds is 5. The second-order valence-corrected chi connectivity index (χ2v) is 6.37. The van der Waals surface area contributed by atoms with E-state index in [4.69, 9.17) is 0 Å². The highest BCUT2D eigenvalue weighted by Gasteiger charge is 2.19. The zero-order valence-electron chi connectivity index (χ0n) is 12.8. The van der Waals surface area contributed by atoms with Gasteiger partial charge in [0.15, 0.2) is 0 Å². The van der Waals surface area contributed by atoms with Crippen molar-refractivity contribution in [1.29, 1.82) is 0 Å². The molecule has 1 aliphatic rings. The van der Waals surface area contributed by atoms with Crippen molar-refractivity contribution in [2.45, 2.75) is 39.2 Å². The van der Waals surface area contributed by atoms with Crippen LogP contribution in [0.5, 0.6) is 0 Å². The summed E-state index contributed by atoms with van der Waals surface area (Å²) in [6.07, 6.45) is 1.34. The summed E-state index contributed by atoms with van der Waals surface area (Å²) < 4.78 is 0. The summed E-state index contributed by atoms with van der Waals surface area (Å²) in [7, 11) is 2.22. The molecule has 2 unspecified atom stereocenters. The number of hydrogen-bond donors (Lipinski definition) is 1. The summed E-state index contributed by atoms with van der Waals surface area (Å²) in [4.78, 5) is 2.43. The van der Waals surface area contributed by atoms with Crippen molar-refractivity contribution in [2.75, 3.05) is 26.7 Å². The van der Waals surface area contributed by atoms with Gasteiger partial charge in [0.25, 0.3) is 0 Å². The summed E-state index contributed by atoms with van der Waals surface area (Å²) >= 11 is 0. The van der Waals surface area contributed by atoms with Crippen LogP contribution in [0.15, 0.2) is 24.3 Å². The van der Waals surface area contributed by atoms with E-state index in [0.29, 0.717) is 12.0 Å². The minimum atomic E-state index is 0.451. The molecule has 1 N–H and O–H groups in total. The van der Waals surface area contributed by atoms with Crippen molar-refractivity contribution >= 4 is 0 Å². The van der Waals surface area contributed by atoms with Crippen molar-refractivity contribution in [1.82, 2.24) is 10.2 Å². The Morgan fingerprint density at radius 2 is 1.79 bits per heavy atom. The van der Waals surface area contributed by atoms with Crippen molar-refractivity contribution in [3.05, 3.63) is 35.4 Å². The van der Waals surface area contributed by atoms with Crippen molar-refractivity contribution in [3.8, 4) is 0 Å². The molecule has 0 bridgehead atoms. The second-order valence-electron chi connectivity index (χ2n) is 6.37. The largest absolute Gasteiger partial charge is 0.310 e. The summed E-state index contributed by atoms with van der Waals surface area (Å²) in [6.45, 7) is 10.4. The van der Waals surface area contributed by atoms with Crippen LogP contribution in [0.4, 0.5) is 0 Å². The Balaban J connectivity index is 1.83. The molecule has 2 rings (SSSR count). The maximum absolute atomic E-state index is 3.68. The number of nitrogens with zero attached hydrogens (tertiary/aromatic N) is 1. The first-order chi connectivity index (χ1) is 9.06. The standard InChI is InChI=1S/C17H28N2/c1-13(2)16-5-7-17(8-6-16)14(3)18-11-15-9-10-19(4)12-15/h5-8,13-15,18H,9-12H2,1-4H3. The molecule has 1 heterocycles. The summed E-state index contributed by atoms with van der Waals surface area (Å²) in [5.41, 5.74) is 2.82. The molecule has 106 valence electrons. The highest BCUT2D eigenvalue weighted by molar-refractivity contribution is 5.26. The van der Waals surface area contributed by atoms with Crippen molar-refractivity contribution < 1.29 is 0 Å². The molecular formula is C17H28N2. The monoisotopic (exact) mass is 260 g/mol. The Kier molecular flexibility index (Phi) is 5.00. The zero-order chi connectivity index (χ0) is 13.8. The molecule has 0 saturated carbocycles. The third kappa shape index (κ3) is 4.05. The van der Waals surface area contributed by atoms with Gasteiger partial charge in [-0.05, 0) is 56.4 Å². The third-order valence-corrected chi connectivity index (χ3v) is 4.30. The van der Waals surface area contributed by atoms with Crippen LogP contribution in [0.3, 0.4) is 0 Å². The minimum absolute atomic E-state index is 0.451. The highest BCUT2D eigenvalue weighted by atomic mass is 15.1. The van der Waals surface area contributed by atoms with Crippen LogP contribution in [0, 0.1) is 5.92 Å². The molecule has 0 spiro atoms. The number of likely N-dealkylation sites (tertiary alicyclic amines) is 1. The molecule has 0 amide bonds. The molecule has 0 aromatic heterocycles. The average Bonchev–Trinajstić information content (AvgIpc) is 2.82. The molecule has 1 aromatic carbocycles. The molecule has 19 heavy (non-hydrogen) atoms. The molecule has 1 aliphatic heterocycles. The van der Waals surface area contributed by atoms with Gasteiger partial charge in [-0.15, -0.1) is 0 Å². The molecule has 0 radical (unpaired) electrons. The fourth-order valence-corrected chi connectivity index (χ4v) is 2.82. The topological polar surface area (TPSA) is 15.3 Å². The van der Waals surface area contributed by atoms with Crippen molar-refractivity contribution in [2.24, 2.45) is 5.92 Å². The lowest BCUT2D eigenvalue weighted by molar-refractivity contribution is 0.382. The van der Waals surface area contributed by atoms with E-state index in [0.717, 1.165) is 12.5 Å². The lowest BCUT2D eigenvalue weighted by Crippen LogP contribution is -2.27. The van der Waals surface area contributed by atoms with Gasteiger partial charge in [0.05, 0.1) is 0 Å². The molecular weight excluding hydrogens is 232 g/mol. The van der Waals surface area contributed by atoms with E-state index in [1.54, 1.807) is 0 Å². The molecule has 2 heteroatoms. The first-order valence-electron chi connectivity index (χ1n) is 7.58. The average molecular weight is 260 g/mol. The number of hydrogen-bond acceptors (Lipinski definition) is 2. The van der Waals surface area contributed by atoms with Crippen molar-refractivity contribution in [3.63, 3.8) is 0 Å². The van der Waals surface area contributed by atoms with Crippen LogP contribution < -0.4 is 5.32 Å². The smallest absolute Gasteiger partial charge is 0.0291 e. The van der Waals surface area contributed by atoms with Crippen LogP contribution in [0.25, 0.3) is 0 Å². The second kappa shape index (κ2) is 6.53. The van der Waals surface area contributed by atoms with E-state index in [1.807, 2.05) is 0 Å². The SMILES string of the molecule is CC(C)c1ccc(C(C)NCC2CCN(C)C2)cc1. The molecule has 1 saturated heterocycles. The van der Waals surface area contributed by atoms with Gasteiger partial charge in [0, 0.05) is 12.6 Å². The van der Waals surface area contributed by atoms with Gasteiger partial charge in [0.2, 0.25) is 0 Å². The van der Waals surface area contributed by atoms with Gasteiger partial charge in [-0.25, -0.2) is 0 Å². The van der Waals surface area contributed by atoms with Gasteiger partial charge >= 0.3 is 0 Å². The maximum atomic E-state index is 3.68. The fourth-order valence-electron chi connectivity index (χ4n) is 2.82. The molecule has 1 fully saturated rings. The Hall–Kier alpha value is -0.860. The van der Waals surface area contributed by atoms with Gasteiger partial charge < -0.3 is 10.2 Å². The van der Waals surface area contributed by atoms with Gasteiger partial charge in [0.1, 0.15) is 0 Å². The van der Waals surface area contributed by atoms with Crippen LogP contribution in [-0.4, -0.2) is 31.6 Å². The Labute approximate surface area is 118 Å². The Bertz CT molecular complexity index is 383. The lowest BCUT2D eigenvalue weighted by atomic mass is 9.99. The van der Waals surface area contributed by atoms with Crippen LogP contribution in [0.2, 0.25) is 0 Å².